The first-order valence-corrected chi connectivity index (χ1v) is 8.14. The zero-order valence-electron chi connectivity index (χ0n) is 12.7. The Morgan fingerprint density at radius 3 is 2.82 bits per heavy atom. The fourth-order valence-corrected chi connectivity index (χ4v) is 5.38. The van der Waals surface area contributed by atoms with Crippen LogP contribution in [0.1, 0.15) is 54.4 Å². The maximum Gasteiger partial charge on any atom is 0.163 e. The van der Waals surface area contributed by atoms with Gasteiger partial charge < -0.3 is 15.3 Å². The van der Waals surface area contributed by atoms with Gasteiger partial charge >= 0.3 is 0 Å². The van der Waals surface area contributed by atoms with Crippen LogP contribution >= 0.6 is 0 Å². The summed E-state index contributed by atoms with van der Waals surface area (Å²) >= 11 is 0. The second-order valence-electron chi connectivity index (χ2n) is 7.57. The van der Waals surface area contributed by atoms with Crippen LogP contribution in [0.25, 0.3) is 0 Å². The lowest BCUT2D eigenvalue weighted by Gasteiger charge is -2.49. The number of carbonyl (C=O) groups is 1. The number of phenols is 1. The van der Waals surface area contributed by atoms with E-state index in [1.165, 1.54) is 0 Å². The third kappa shape index (κ3) is 1.74. The lowest BCUT2D eigenvalue weighted by atomic mass is 9.55. The minimum Gasteiger partial charge on any atom is -0.508 e. The van der Waals surface area contributed by atoms with Crippen LogP contribution in [0.15, 0.2) is 18.2 Å². The molecule has 0 amide bonds. The Bertz CT molecular complexity index is 640. The third-order valence-electron chi connectivity index (χ3n) is 6.57. The molecule has 0 aromatic heterocycles. The van der Waals surface area contributed by atoms with Crippen LogP contribution in [-0.4, -0.2) is 33.3 Å². The van der Waals surface area contributed by atoms with E-state index in [0.29, 0.717) is 24.3 Å². The van der Waals surface area contributed by atoms with Crippen molar-refractivity contribution in [2.45, 2.75) is 50.7 Å². The molecule has 2 saturated carbocycles. The summed E-state index contributed by atoms with van der Waals surface area (Å²) in [5.74, 6) is 0.881. The van der Waals surface area contributed by atoms with Gasteiger partial charge in [0.1, 0.15) is 5.75 Å². The highest BCUT2D eigenvalue weighted by atomic mass is 16.3. The van der Waals surface area contributed by atoms with Crippen molar-refractivity contribution < 1.29 is 20.1 Å². The lowest BCUT2D eigenvalue weighted by molar-refractivity contribution is -0.0493. The molecule has 0 bridgehead atoms. The highest BCUT2D eigenvalue weighted by Gasteiger charge is 2.58. The summed E-state index contributed by atoms with van der Waals surface area (Å²) in [5, 5.41) is 30.1. The van der Waals surface area contributed by atoms with Crippen molar-refractivity contribution in [3.63, 3.8) is 0 Å². The number of aliphatic hydroxyl groups is 2. The Kier molecular flexibility index (Phi) is 2.94. The van der Waals surface area contributed by atoms with E-state index in [-0.39, 0.29) is 28.8 Å². The number of fused-ring (bicyclic) bond motifs is 5. The first kappa shape index (κ1) is 14.2. The van der Waals surface area contributed by atoms with Gasteiger partial charge in [-0.3, -0.25) is 4.79 Å². The number of phenolic OH excluding ortho intramolecular Hbond substituents is 1. The Morgan fingerprint density at radius 1 is 1.27 bits per heavy atom. The van der Waals surface area contributed by atoms with E-state index < -0.39 is 12.2 Å². The summed E-state index contributed by atoms with van der Waals surface area (Å²) in [6.07, 6.45) is 1.47. The van der Waals surface area contributed by atoms with Crippen LogP contribution in [0.5, 0.6) is 5.75 Å². The number of ketones is 1. The first-order chi connectivity index (χ1) is 10.4. The number of hydrogen-bond acceptors (Lipinski definition) is 4. The summed E-state index contributed by atoms with van der Waals surface area (Å²) in [6.45, 7) is 2.06. The molecule has 0 saturated heterocycles. The van der Waals surface area contributed by atoms with Gasteiger partial charge in [-0.15, -0.1) is 0 Å². The van der Waals surface area contributed by atoms with Gasteiger partial charge in [-0.25, -0.2) is 0 Å². The molecule has 0 spiro atoms. The van der Waals surface area contributed by atoms with E-state index >= 15 is 0 Å². The molecule has 22 heavy (non-hydrogen) atoms. The number of aromatic hydroxyl groups is 1. The van der Waals surface area contributed by atoms with E-state index in [9.17, 15) is 20.1 Å². The van der Waals surface area contributed by atoms with Crippen LogP contribution in [0.4, 0.5) is 0 Å². The molecule has 3 aliphatic rings. The monoisotopic (exact) mass is 302 g/mol. The number of aliphatic hydroxyl groups excluding tert-OH is 2. The predicted octanol–water partition coefficient (Wildman–Crippen LogP) is 2.22. The van der Waals surface area contributed by atoms with Crippen molar-refractivity contribution in [1.82, 2.24) is 0 Å². The fourth-order valence-electron chi connectivity index (χ4n) is 5.38. The Balaban J connectivity index is 1.76. The van der Waals surface area contributed by atoms with Crippen molar-refractivity contribution in [2.75, 3.05) is 0 Å². The standard InChI is InChI=1S/C18H22O4/c1-18-5-4-11-10-3-2-9(19)6-13(10)15(20)7-12(11)14(18)8-16(21)17(18)22/h2-3,6,11-12,14,16-17,19,21-22H,4-5,7-8H2,1H3. The molecule has 4 heteroatoms. The highest BCUT2D eigenvalue weighted by Crippen LogP contribution is 2.60. The summed E-state index contributed by atoms with van der Waals surface area (Å²) in [6, 6.07) is 5.12. The predicted molar refractivity (Wildman–Crippen MR) is 80.7 cm³/mol. The fraction of sp³-hybridized carbons (Fsp3) is 0.611. The second kappa shape index (κ2) is 4.56. The van der Waals surface area contributed by atoms with Crippen molar-refractivity contribution in [3.05, 3.63) is 29.3 Å². The van der Waals surface area contributed by atoms with Gasteiger partial charge in [-0.1, -0.05) is 13.0 Å². The van der Waals surface area contributed by atoms with Crippen molar-refractivity contribution in [2.24, 2.45) is 17.3 Å². The molecule has 0 heterocycles. The Morgan fingerprint density at radius 2 is 2.05 bits per heavy atom. The van der Waals surface area contributed by atoms with E-state index in [1.807, 2.05) is 6.07 Å². The van der Waals surface area contributed by atoms with E-state index in [1.54, 1.807) is 12.1 Å². The number of rotatable bonds is 0. The van der Waals surface area contributed by atoms with Crippen molar-refractivity contribution in [3.8, 4) is 5.75 Å². The lowest BCUT2D eigenvalue weighted by Crippen LogP contribution is -2.45. The molecule has 0 aliphatic heterocycles. The summed E-state index contributed by atoms with van der Waals surface area (Å²) in [4.78, 5) is 12.5. The first-order valence-electron chi connectivity index (χ1n) is 8.14. The van der Waals surface area contributed by atoms with Crippen molar-refractivity contribution >= 4 is 5.78 Å². The molecule has 6 unspecified atom stereocenters. The molecule has 3 N–H and O–H groups in total. The van der Waals surface area contributed by atoms with Gasteiger partial charge in [0.25, 0.3) is 0 Å². The van der Waals surface area contributed by atoms with E-state index in [2.05, 4.69) is 6.92 Å². The van der Waals surface area contributed by atoms with Crippen LogP contribution in [0.2, 0.25) is 0 Å². The topological polar surface area (TPSA) is 77.8 Å². The molecule has 1 aromatic carbocycles. The summed E-state index contributed by atoms with van der Waals surface area (Å²) in [5.41, 5.74) is 1.41. The number of Topliss-reactive ketones (excluding diaryl/α,β-unsaturated/α-hetero) is 1. The minimum absolute atomic E-state index is 0.0762. The maximum atomic E-state index is 12.5. The molecule has 6 atom stereocenters. The molecule has 4 rings (SSSR count). The average molecular weight is 302 g/mol. The smallest absolute Gasteiger partial charge is 0.163 e. The maximum absolute atomic E-state index is 12.5. The zero-order chi connectivity index (χ0) is 15.6. The van der Waals surface area contributed by atoms with Gasteiger partial charge in [-0.2, -0.15) is 0 Å². The quantitative estimate of drug-likeness (QED) is 0.687. The van der Waals surface area contributed by atoms with Gasteiger partial charge in [0.05, 0.1) is 12.2 Å². The van der Waals surface area contributed by atoms with E-state index in [4.69, 9.17) is 0 Å². The molecule has 3 aliphatic carbocycles. The average Bonchev–Trinajstić information content (AvgIpc) is 2.72. The molecule has 0 radical (unpaired) electrons. The molecule has 118 valence electrons. The van der Waals surface area contributed by atoms with Gasteiger partial charge in [-0.05, 0) is 60.1 Å². The zero-order valence-corrected chi connectivity index (χ0v) is 12.7. The molecular formula is C18H22O4. The normalized spacial score (nSPS) is 43.4. The Labute approximate surface area is 129 Å². The Hall–Kier alpha value is -1.39. The van der Waals surface area contributed by atoms with E-state index in [0.717, 1.165) is 18.4 Å². The molecule has 2 fully saturated rings. The largest absolute Gasteiger partial charge is 0.508 e. The number of hydrogen-bond donors (Lipinski definition) is 3. The summed E-state index contributed by atoms with van der Waals surface area (Å²) in [7, 11) is 0. The van der Waals surface area contributed by atoms with Crippen LogP contribution in [-0.2, 0) is 0 Å². The van der Waals surface area contributed by atoms with Gasteiger partial charge in [0, 0.05) is 12.0 Å². The number of carbonyl (C=O) groups excluding carboxylic acids is 1. The second-order valence-corrected chi connectivity index (χ2v) is 7.57. The minimum atomic E-state index is -0.685. The molecule has 4 nitrogen and oxygen atoms in total. The van der Waals surface area contributed by atoms with Gasteiger partial charge in [0.15, 0.2) is 5.78 Å². The summed E-state index contributed by atoms with van der Waals surface area (Å²) < 4.78 is 0. The van der Waals surface area contributed by atoms with Crippen LogP contribution in [0.3, 0.4) is 0 Å². The highest BCUT2D eigenvalue weighted by molar-refractivity contribution is 5.99. The van der Waals surface area contributed by atoms with Gasteiger partial charge in [0.2, 0.25) is 0 Å². The number of benzene rings is 1. The van der Waals surface area contributed by atoms with Crippen molar-refractivity contribution in [1.29, 1.82) is 0 Å². The SMILES string of the molecule is CC12CCC3c4ccc(O)cc4C(=O)CC3C1CC(O)C2O. The third-order valence-corrected chi connectivity index (χ3v) is 6.57. The molecule has 1 aromatic rings. The van der Waals surface area contributed by atoms with Crippen LogP contribution < -0.4 is 0 Å². The molecular weight excluding hydrogens is 280 g/mol. The van der Waals surface area contributed by atoms with Crippen LogP contribution in [0, 0.1) is 17.3 Å².